The molecule has 2 aromatic rings. The highest BCUT2D eigenvalue weighted by atomic mass is 16.5. The molecule has 0 saturated carbocycles. The molecule has 0 aliphatic heterocycles. The van der Waals surface area contributed by atoms with Crippen molar-refractivity contribution in [1.29, 1.82) is 0 Å². The van der Waals surface area contributed by atoms with Gasteiger partial charge in [-0.25, -0.2) is 14.8 Å². The Hall–Kier alpha value is -2.96. The van der Waals surface area contributed by atoms with Crippen LogP contribution < -0.4 is 10.6 Å². The lowest BCUT2D eigenvalue weighted by molar-refractivity contribution is 0.0601. The third-order valence-electron chi connectivity index (χ3n) is 2.89. The van der Waals surface area contributed by atoms with Gasteiger partial charge in [0.2, 0.25) is 5.95 Å². The molecule has 1 aromatic heterocycles. The van der Waals surface area contributed by atoms with E-state index < -0.39 is 5.97 Å². The molecular formula is C16H18N4O3. The van der Waals surface area contributed by atoms with Gasteiger partial charge in [-0.3, -0.25) is 4.79 Å². The summed E-state index contributed by atoms with van der Waals surface area (Å²) in [6, 6.07) is 8.36. The monoisotopic (exact) mass is 314 g/mol. The van der Waals surface area contributed by atoms with Crippen molar-refractivity contribution in [3.8, 4) is 0 Å². The van der Waals surface area contributed by atoms with Gasteiger partial charge in [0.15, 0.2) is 0 Å². The van der Waals surface area contributed by atoms with Gasteiger partial charge in [0.25, 0.3) is 5.91 Å². The Bertz CT molecular complexity index is 716. The van der Waals surface area contributed by atoms with E-state index >= 15 is 0 Å². The van der Waals surface area contributed by atoms with Crippen LogP contribution in [0.15, 0.2) is 36.5 Å². The number of para-hydroxylation sites is 1. The van der Waals surface area contributed by atoms with E-state index in [1.54, 1.807) is 24.3 Å². The number of aromatic nitrogens is 2. The zero-order valence-corrected chi connectivity index (χ0v) is 13.2. The van der Waals surface area contributed by atoms with Gasteiger partial charge in [-0.1, -0.05) is 12.1 Å². The number of ether oxygens (including phenoxy) is 1. The number of anilines is 2. The summed E-state index contributed by atoms with van der Waals surface area (Å²) in [4.78, 5) is 32.0. The van der Waals surface area contributed by atoms with Crippen molar-refractivity contribution in [3.63, 3.8) is 0 Å². The van der Waals surface area contributed by atoms with Crippen LogP contribution >= 0.6 is 0 Å². The zero-order valence-electron chi connectivity index (χ0n) is 13.2. The highest BCUT2D eigenvalue weighted by Gasteiger charge is 2.13. The largest absolute Gasteiger partial charge is 0.465 e. The van der Waals surface area contributed by atoms with Crippen molar-refractivity contribution >= 4 is 23.5 Å². The van der Waals surface area contributed by atoms with Gasteiger partial charge in [-0.2, -0.15) is 0 Å². The van der Waals surface area contributed by atoms with Gasteiger partial charge in [-0.15, -0.1) is 0 Å². The van der Waals surface area contributed by atoms with Crippen molar-refractivity contribution in [2.75, 3.05) is 12.4 Å². The molecule has 0 atom stereocenters. The minimum absolute atomic E-state index is 0.00826. The lowest BCUT2D eigenvalue weighted by atomic mass is 10.2. The molecule has 0 aliphatic carbocycles. The topological polar surface area (TPSA) is 93.2 Å². The van der Waals surface area contributed by atoms with Crippen LogP contribution in [0, 0.1) is 0 Å². The lowest BCUT2D eigenvalue weighted by Gasteiger charge is -2.11. The Morgan fingerprint density at radius 1 is 1.17 bits per heavy atom. The van der Waals surface area contributed by atoms with Crippen molar-refractivity contribution in [1.82, 2.24) is 15.3 Å². The molecule has 0 radical (unpaired) electrons. The fourth-order valence-corrected chi connectivity index (χ4v) is 1.88. The van der Waals surface area contributed by atoms with Gasteiger partial charge in [0.1, 0.15) is 5.69 Å². The molecule has 120 valence electrons. The highest BCUT2D eigenvalue weighted by Crippen LogP contribution is 2.19. The van der Waals surface area contributed by atoms with Crippen LogP contribution in [-0.4, -0.2) is 35.0 Å². The number of methoxy groups -OCH3 is 1. The van der Waals surface area contributed by atoms with E-state index in [0.29, 0.717) is 11.3 Å². The minimum atomic E-state index is -0.471. The molecule has 0 unspecified atom stereocenters. The summed E-state index contributed by atoms with van der Waals surface area (Å²) in [5, 5.41) is 5.69. The first-order chi connectivity index (χ1) is 11.0. The minimum Gasteiger partial charge on any atom is -0.465 e. The predicted molar refractivity (Wildman–Crippen MR) is 85.7 cm³/mol. The second-order valence-electron chi connectivity index (χ2n) is 5.06. The Kier molecular flexibility index (Phi) is 5.24. The molecule has 0 saturated heterocycles. The van der Waals surface area contributed by atoms with Crippen LogP contribution in [0.3, 0.4) is 0 Å². The molecule has 0 fully saturated rings. The third-order valence-corrected chi connectivity index (χ3v) is 2.89. The average Bonchev–Trinajstić information content (AvgIpc) is 2.54. The number of carbonyl (C=O) groups excluding carboxylic acids is 2. The normalized spacial score (nSPS) is 10.3. The number of hydrogen-bond acceptors (Lipinski definition) is 6. The number of hydrogen-bond donors (Lipinski definition) is 2. The van der Waals surface area contributed by atoms with Gasteiger partial charge in [0.05, 0.1) is 18.4 Å². The van der Waals surface area contributed by atoms with Crippen molar-refractivity contribution in [2.24, 2.45) is 0 Å². The predicted octanol–water partition coefficient (Wildman–Crippen LogP) is 2.14. The molecule has 7 heteroatoms. The van der Waals surface area contributed by atoms with Crippen molar-refractivity contribution < 1.29 is 14.3 Å². The molecule has 23 heavy (non-hydrogen) atoms. The maximum absolute atomic E-state index is 12.0. The van der Waals surface area contributed by atoms with E-state index in [4.69, 9.17) is 4.74 Å². The number of rotatable bonds is 5. The van der Waals surface area contributed by atoms with Crippen LogP contribution in [-0.2, 0) is 4.74 Å². The van der Waals surface area contributed by atoms with Gasteiger partial charge < -0.3 is 15.4 Å². The summed E-state index contributed by atoms with van der Waals surface area (Å²) in [5.74, 6) is -0.536. The molecule has 2 rings (SSSR count). The first kappa shape index (κ1) is 16.4. The van der Waals surface area contributed by atoms with E-state index in [1.807, 2.05) is 13.8 Å². The Morgan fingerprint density at radius 3 is 2.61 bits per heavy atom. The molecule has 1 aromatic carbocycles. The second-order valence-corrected chi connectivity index (χ2v) is 5.06. The zero-order chi connectivity index (χ0) is 16.8. The summed E-state index contributed by atoms with van der Waals surface area (Å²) in [6.07, 6.45) is 1.48. The van der Waals surface area contributed by atoms with Crippen LogP contribution in [0.5, 0.6) is 0 Å². The van der Waals surface area contributed by atoms with Crippen molar-refractivity contribution in [3.05, 3.63) is 47.8 Å². The highest BCUT2D eigenvalue weighted by molar-refractivity contribution is 5.96. The fraction of sp³-hybridized carbons (Fsp3) is 0.250. The Labute approximate surface area is 134 Å². The smallest absolute Gasteiger partial charge is 0.339 e. The third kappa shape index (κ3) is 4.26. The van der Waals surface area contributed by atoms with E-state index in [0.717, 1.165) is 0 Å². The summed E-state index contributed by atoms with van der Waals surface area (Å²) in [5.41, 5.74) is 1.10. The first-order valence-electron chi connectivity index (χ1n) is 7.09. The lowest BCUT2D eigenvalue weighted by Crippen LogP contribution is -2.30. The summed E-state index contributed by atoms with van der Waals surface area (Å²) in [6.45, 7) is 3.73. The number of benzene rings is 1. The Balaban J connectivity index is 2.25. The van der Waals surface area contributed by atoms with Gasteiger partial charge in [0, 0.05) is 12.2 Å². The Morgan fingerprint density at radius 2 is 1.91 bits per heavy atom. The van der Waals surface area contributed by atoms with Crippen LogP contribution in [0.4, 0.5) is 11.6 Å². The van der Waals surface area contributed by atoms with E-state index in [1.165, 1.54) is 19.4 Å². The summed E-state index contributed by atoms with van der Waals surface area (Å²) >= 11 is 0. The van der Waals surface area contributed by atoms with E-state index in [-0.39, 0.29) is 23.6 Å². The van der Waals surface area contributed by atoms with E-state index in [2.05, 4.69) is 20.6 Å². The van der Waals surface area contributed by atoms with Crippen LogP contribution in [0.25, 0.3) is 0 Å². The molecule has 1 amide bonds. The van der Waals surface area contributed by atoms with Crippen LogP contribution in [0.2, 0.25) is 0 Å². The van der Waals surface area contributed by atoms with Gasteiger partial charge in [-0.05, 0) is 32.0 Å². The molecule has 1 heterocycles. The molecule has 2 N–H and O–H groups in total. The molecular weight excluding hydrogens is 296 g/mol. The van der Waals surface area contributed by atoms with E-state index in [9.17, 15) is 9.59 Å². The number of amides is 1. The maximum Gasteiger partial charge on any atom is 0.339 e. The second kappa shape index (κ2) is 7.35. The quantitative estimate of drug-likeness (QED) is 0.821. The maximum atomic E-state index is 12.0. The molecule has 0 aliphatic rings. The fourth-order valence-electron chi connectivity index (χ4n) is 1.88. The number of nitrogens with zero attached hydrogens (tertiary/aromatic N) is 2. The number of nitrogens with one attached hydrogen (secondary N) is 2. The summed E-state index contributed by atoms with van der Waals surface area (Å²) in [7, 11) is 1.31. The average molecular weight is 314 g/mol. The standard InChI is InChI=1S/C16H18N4O3/c1-10(2)18-14(21)13-8-9-17-16(20-13)19-12-7-5-4-6-11(12)15(22)23-3/h4-10H,1-3H3,(H,18,21)(H,17,19,20). The van der Waals surface area contributed by atoms with Crippen LogP contribution in [0.1, 0.15) is 34.7 Å². The number of carbonyl (C=O) groups is 2. The SMILES string of the molecule is COC(=O)c1ccccc1Nc1nccc(C(=O)NC(C)C)n1. The first-order valence-corrected chi connectivity index (χ1v) is 7.09. The molecule has 0 bridgehead atoms. The molecule has 7 nitrogen and oxygen atoms in total. The summed E-state index contributed by atoms with van der Waals surface area (Å²) < 4.78 is 4.74. The molecule has 0 spiro atoms. The van der Waals surface area contributed by atoms with Crippen molar-refractivity contribution in [2.45, 2.75) is 19.9 Å². The number of esters is 1. The van der Waals surface area contributed by atoms with Gasteiger partial charge >= 0.3 is 5.97 Å².